The summed E-state index contributed by atoms with van der Waals surface area (Å²) in [5.41, 5.74) is 23.9. The average Bonchev–Trinajstić information content (AvgIpc) is 4.27. The van der Waals surface area contributed by atoms with Crippen LogP contribution in [0.15, 0.2) is 291 Å². The second kappa shape index (κ2) is 18.6. The van der Waals surface area contributed by atoms with E-state index in [9.17, 15) is 5.41 Å². The van der Waals surface area contributed by atoms with Gasteiger partial charge in [-0.1, -0.05) is 182 Å². The number of rotatable bonds is 10. The second-order valence-corrected chi connectivity index (χ2v) is 21.0. The Labute approximate surface area is 467 Å². The number of hydrogen-bond donors (Lipinski definition) is 2. The molecule has 0 fully saturated rings. The molecule has 2 N–H and O–H groups in total. The third kappa shape index (κ3) is 7.53. The lowest BCUT2D eigenvalue weighted by atomic mass is 10.0. The van der Waals surface area contributed by atoms with Gasteiger partial charge >= 0.3 is 0 Å². The fourth-order valence-electron chi connectivity index (χ4n) is 12.7. The number of aromatic nitrogens is 4. The Morgan fingerprint density at radius 3 is 1.19 bits per heavy atom. The molecule has 4 heterocycles. The Bertz CT molecular complexity index is 5210. The third-order valence-corrected chi connectivity index (χ3v) is 16.4. The largest absolute Gasteiger partial charge is 0.309 e. The van der Waals surface area contributed by atoms with Crippen LogP contribution in [0.4, 0.5) is 0 Å². The predicted molar refractivity (Wildman–Crippen MR) is 340 cm³/mol. The van der Waals surface area contributed by atoms with E-state index in [4.69, 9.17) is 0 Å². The Morgan fingerprint density at radius 2 is 0.630 bits per heavy atom. The van der Waals surface area contributed by atoms with Crippen LogP contribution in [-0.2, 0) is 0 Å². The smallest absolute Gasteiger partial charge is 0.0710 e. The van der Waals surface area contributed by atoms with Crippen LogP contribution in [0, 0.1) is 5.41 Å². The first-order chi connectivity index (χ1) is 40.1. The van der Waals surface area contributed by atoms with Crippen molar-refractivity contribution in [2.75, 3.05) is 5.43 Å². The number of fused-ring (bicyclic) bond motifs is 12. The normalized spacial score (nSPS) is 12.1. The van der Waals surface area contributed by atoms with Crippen LogP contribution < -0.4 is 5.43 Å². The molecule has 0 atom stereocenters. The van der Waals surface area contributed by atoms with Gasteiger partial charge in [-0.2, -0.15) is 0 Å². The van der Waals surface area contributed by atoms with Crippen molar-refractivity contribution in [1.82, 2.24) is 18.4 Å². The van der Waals surface area contributed by atoms with E-state index in [1.165, 1.54) is 54.4 Å². The summed E-state index contributed by atoms with van der Waals surface area (Å²) in [5.74, 6) is 0. The highest BCUT2D eigenvalue weighted by molar-refractivity contribution is 6.16. The van der Waals surface area contributed by atoms with Crippen molar-refractivity contribution < 1.29 is 0 Å². The molecule has 0 aliphatic carbocycles. The van der Waals surface area contributed by atoms with Gasteiger partial charge in [0.2, 0.25) is 0 Å². The molecule has 16 rings (SSSR count). The monoisotopic (exact) mass is 1030 g/mol. The minimum absolute atomic E-state index is 0.404. The van der Waals surface area contributed by atoms with Gasteiger partial charge < -0.3 is 19.1 Å². The fraction of sp³-hybridized carbons (Fsp3) is 0. The van der Waals surface area contributed by atoms with Gasteiger partial charge in [0.15, 0.2) is 0 Å². The first kappa shape index (κ1) is 46.2. The van der Waals surface area contributed by atoms with Crippen molar-refractivity contribution >= 4 is 98.6 Å². The Hall–Kier alpha value is -11.0. The van der Waals surface area contributed by atoms with Gasteiger partial charge in [0.05, 0.1) is 55.5 Å². The molecule has 12 aromatic carbocycles. The number of nitrogens with zero attached hydrogens (tertiary/aromatic N) is 4. The molecule has 0 saturated heterocycles. The first-order valence-electron chi connectivity index (χ1n) is 27.6. The molecular formula is C75H50N6. The van der Waals surface area contributed by atoms with E-state index in [0.29, 0.717) is 5.71 Å². The standard InChI is InChI=1S/C75H50N6/c76-66(49-19-4-1-5-20-49)48-67(77-81-73-34-17-13-30-61(73)65-46-51(38-42-74(65)81)50-36-40-71-63(44-50)59-28-11-15-32-69(59)78(71)55-22-6-2-7-23-55)54-21-18-26-57(43-54)80-68-31-14-10-27-58(68)62-39-35-53(47-75(62)80)52-37-41-72-64(45-52)60-29-12-16-33-70(60)79(72)56-24-8-3-9-25-56/h1-48,76-77H/b67-48-,76-66?. The maximum atomic E-state index is 9.57. The molecule has 81 heavy (non-hydrogen) atoms. The van der Waals surface area contributed by atoms with Crippen molar-refractivity contribution in [1.29, 1.82) is 5.41 Å². The Balaban J connectivity index is 0.819. The number of nitrogens with one attached hydrogen (secondary N) is 2. The highest BCUT2D eigenvalue weighted by Crippen LogP contribution is 2.41. The van der Waals surface area contributed by atoms with E-state index in [1.807, 2.05) is 36.4 Å². The Kier molecular flexibility index (Phi) is 10.6. The molecule has 6 nitrogen and oxygen atoms in total. The number of allylic oxidation sites excluding steroid dienone is 1. The van der Waals surface area contributed by atoms with Crippen molar-refractivity contribution in [3.8, 4) is 39.3 Å². The van der Waals surface area contributed by atoms with Crippen LogP contribution in [-0.4, -0.2) is 24.1 Å². The topological polar surface area (TPSA) is 55.6 Å². The summed E-state index contributed by atoms with van der Waals surface area (Å²) < 4.78 is 9.33. The molecule has 0 amide bonds. The first-order valence-corrected chi connectivity index (χ1v) is 27.6. The van der Waals surface area contributed by atoms with Crippen LogP contribution in [0.2, 0.25) is 0 Å². The predicted octanol–water partition coefficient (Wildman–Crippen LogP) is 19.1. The lowest BCUT2D eigenvalue weighted by molar-refractivity contribution is 1.06. The lowest BCUT2D eigenvalue weighted by Crippen LogP contribution is -2.15. The SMILES string of the molecule is N=C(/C=C(\Nn1c2ccccc2c2cc(-c3ccc4c(c3)c3ccccc3n4-c3ccccc3)ccc21)c1cccc(-n2c3ccccc3c3ccc(-c4ccc5c(c4)c4ccccc4n5-c4ccccc4)cc32)c1)c1ccccc1. The average molecular weight is 1040 g/mol. The lowest BCUT2D eigenvalue weighted by Gasteiger charge is -2.17. The van der Waals surface area contributed by atoms with Gasteiger partial charge in [-0.05, 0) is 137 Å². The minimum atomic E-state index is 0.404. The fourth-order valence-corrected chi connectivity index (χ4v) is 12.7. The number of benzene rings is 12. The summed E-state index contributed by atoms with van der Waals surface area (Å²) in [6, 6.07) is 102. The van der Waals surface area contributed by atoms with Crippen molar-refractivity contribution in [2.24, 2.45) is 0 Å². The van der Waals surface area contributed by atoms with Crippen LogP contribution in [0.1, 0.15) is 11.1 Å². The van der Waals surface area contributed by atoms with Crippen molar-refractivity contribution in [3.63, 3.8) is 0 Å². The van der Waals surface area contributed by atoms with E-state index in [2.05, 4.69) is 279 Å². The van der Waals surface area contributed by atoms with Crippen molar-refractivity contribution in [2.45, 2.75) is 0 Å². The van der Waals surface area contributed by atoms with Gasteiger partial charge in [0, 0.05) is 65.7 Å². The molecule has 0 radical (unpaired) electrons. The number of hydrogen-bond acceptors (Lipinski definition) is 2. The Morgan fingerprint density at radius 1 is 0.272 bits per heavy atom. The quantitative estimate of drug-likeness (QED) is 0.132. The molecule has 0 aliphatic heterocycles. The molecule has 0 saturated carbocycles. The minimum Gasteiger partial charge on any atom is -0.309 e. The summed E-state index contributed by atoms with van der Waals surface area (Å²) in [5, 5.41) is 19.1. The molecule has 0 unspecified atom stereocenters. The van der Waals surface area contributed by atoms with Gasteiger partial charge in [-0.3, -0.25) is 10.1 Å². The molecule has 0 bridgehead atoms. The summed E-state index contributed by atoms with van der Waals surface area (Å²) in [6.07, 6.45) is 1.97. The summed E-state index contributed by atoms with van der Waals surface area (Å²) in [4.78, 5) is 0. The van der Waals surface area contributed by atoms with Gasteiger partial charge in [-0.15, -0.1) is 0 Å². The highest BCUT2D eigenvalue weighted by atomic mass is 15.4. The zero-order chi connectivity index (χ0) is 53.5. The molecule has 16 aromatic rings. The second-order valence-electron chi connectivity index (χ2n) is 21.0. The molecule has 4 aromatic heterocycles. The van der Waals surface area contributed by atoms with E-state index in [0.717, 1.165) is 89.0 Å². The van der Waals surface area contributed by atoms with Crippen LogP contribution in [0.3, 0.4) is 0 Å². The molecule has 380 valence electrons. The van der Waals surface area contributed by atoms with E-state index >= 15 is 0 Å². The summed E-state index contributed by atoms with van der Waals surface area (Å²) in [6.45, 7) is 0. The molecule has 0 spiro atoms. The van der Waals surface area contributed by atoms with Crippen molar-refractivity contribution in [3.05, 3.63) is 302 Å². The van der Waals surface area contributed by atoms with Crippen LogP contribution >= 0.6 is 0 Å². The van der Waals surface area contributed by atoms with E-state index in [-0.39, 0.29) is 0 Å². The van der Waals surface area contributed by atoms with Gasteiger partial charge in [0.25, 0.3) is 0 Å². The molecule has 6 heteroatoms. The summed E-state index contributed by atoms with van der Waals surface area (Å²) >= 11 is 0. The summed E-state index contributed by atoms with van der Waals surface area (Å²) in [7, 11) is 0. The van der Waals surface area contributed by atoms with Crippen LogP contribution in [0.25, 0.3) is 132 Å². The highest BCUT2D eigenvalue weighted by Gasteiger charge is 2.20. The van der Waals surface area contributed by atoms with Crippen LogP contribution in [0.5, 0.6) is 0 Å². The van der Waals surface area contributed by atoms with Gasteiger partial charge in [-0.25, -0.2) is 0 Å². The molecular weight excluding hydrogens is 985 g/mol. The van der Waals surface area contributed by atoms with E-state index in [1.54, 1.807) is 0 Å². The zero-order valence-electron chi connectivity index (χ0n) is 44.0. The van der Waals surface area contributed by atoms with E-state index < -0.39 is 0 Å². The van der Waals surface area contributed by atoms with Gasteiger partial charge in [0.1, 0.15) is 0 Å². The molecule has 0 aliphatic rings. The maximum Gasteiger partial charge on any atom is 0.0710 e. The zero-order valence-corrected chi connectivity index (χ0v) is 44.0. The number of para-hydroxylation sites is 6. The third-order valence-electron chi connectivity index (χ3n) is 16.4. The maximum absolute atomic E-state index is 9.57.